The van der Waals surface area contributed by atoms with Crippen LogP contribution in [0.4, 0.5) is 11.4 Å². The number of hydrazine groups is 1. The molecule has 0 amide bonds. The van der Waals surface area contributed by atoms with Crippen molar-refractivity contribution in [3.8, 4) is 0 Å². The van der Waals surface area contributed by atoms with E-state index in [0.717, 1.165) is 15.8 Å². The Balaban J connectivity index is 2.19. The number of halogens is 2. The number of para-hydroxylation sites is 1. The van der Waals surface area contributed by atoms with Crippen molar-refractivity contribution >= 4 is 44.9 Å². The minimum Gasteiger partial charge on any atom is -0.325 e. The molecule has 0 saturated carbocycles. The molecule has 4 N–H and O–H groups in total. The van der Waals surface area contributed by atoms with Gasteiger partial charge in [-0.3, -0.25) is 5.43 Å². The molecule has 0 heterocycles. The highest BCUT2D eigenvalue weighted by atomic mass is 79.9. The number of guanidine groups is 1. The van der Waals surface area contributed by atoms with Crippen LogP contribution in [0.1, 0.15) is 0 Å². The summed E-state index contributed by atoms with van der Waals surface area (Å²) in [5.74, 6) is 5.90. The van der Waals surface area contributed by atoms with Crippen LogP contribution in [0.2, 0.25) is 5.02 Å². The second kappa shape index (κ2) is 6.56. The first-order valence-electron chi connectivity index (χ1n) is 5.51. The third-order valence-corrected chi connectivity index (χ3v) is 3.53. The van der Waals surface area contributed by atoms with Crippen molar-refractivity contribution < 1.29 is 0 Å². The summed E-state index contributed by atoms with van der Waals surface area (Å²) in [6.07, 6.45) is 0. The summed E-state index contributed by atoms with van der Waals surface area (Å²) >= 11 is 9.30. The van der Waals surface area contributed by atoms with Crippen LogP contribution in [-0.2, 0) is 0 Å². The lowest BCUT2D eigenvalue weighted by Gasteiger charge is -2.09. The SMILES string of the molecule is NNC(=Nc1ccccc1)Nc1ccc(Cl)c(Br)c1. The molecule has 0 fully saturated rings. The van der Waals surface area contributed by atoms with Gasteiger partial charge in [0.1, 0.15) is 0 Å². The zero-order valence-corrected chi connectivity index (χ0v) is 12.2. The van der Waals surface area contributed by atoms with Gasteiger partial charge in [0.2, 0.25) is 5.96 Å². The van der Waals surface area contributed by atoms with Gasteiger partial charge in [0.05, 0.1) is 10.7 Å². The van der Waals surface area contributed by atoms with Crippen LogP contribution >= 0.6 is 27.5 Å². The smallest absolute Gasteiger partial charge is 0.215 e. The first kappa shape index (κ1) is 13.9. The maximum Gasteiger partial charge on any atom is 0.215 e. The van der Waals surface area contributed by atoms with Gasteiger partial charge in [-0.15, -0.1) is 0 Å². The van der Waals surface area contributed by atoms with Crippen LogP contribution in [-0.4, -0.2) is 5.96 Å². The molecule has 6 heteroatoms. The Morgan fingerprint density at radius 3 is 2.53 bits per heavy atom. The molecule has 0 bridgehead atoms. The quantitative estimate of drug-likeness (QED) is 0.339. The third kappa shape index (κ3) is 3.96. The normalized spacial score (nSPS) is 11.2. The van der Waals surface area contributed by atoms with Gasteiger partial charge in [0.25, 0.3) is 0 Å². The Hall–Kier alpha value is -1.56. The number of benzene rings is 2. The minimum atomic E-state index is 0.445. The summed E-state index contributed by atoms with van der Waals surface area (Å²) in [5.41, 5.74) is 4.15. The number of nitrogens with two attached hydrogens (primary N) is 1. The zero-order valence-electron chi connectivity index (χ0n) is 9.90. The van der Waals surface area contributed by atoms with Gasteiger partial charge >= 0.3 is 0 Å². The lowest BCUT2D eigenvalue weighted by atomic mass is 10.3. The molecule has 98 valence electrons. The zero-order chi connectivity index (χ0) is 13.7. The summed E-state index contributed by atoms with van der Waals surface area (Å²) < 4.78 is 0.801. The van der Waals surface area contributed by atoms with Crippen molar-refractivity contribution in [1.29, 1.82) is 0 Å². The molecule has 0 aliphatic heterocycles. The van der Waals surface area contributed by atoms with E-state index in [4.69, 9.17) is 17.4 Å². The van der Waals surface area contributed by atoms with Crippen molar-refractivity contribution in [2.24, 2.45) is 10.8 Å². The largest absolute Gasteiger partial charge is 0.325 e. The van der Waals surface area contributed by atoms with E-state index in [1.807, 2.05) is 42.5 Å². The molecular weight excluding hydrogens is 328 g/mol. The molecule has 2 rings (SSSR count). The van der Waals surface area contributed by atoms with E-state index in [-0.39, 0.29) is 0 Å². The fraction of sp³-hybridized carbons (Fsp3) is 0. The fourth-order valence-corrected chi connectivity index (χ4v) is 1.93. The monoisotopic (exact) mass is 338 g/mol. The van der Waals surface area contributed by atoms with Crippen LogP contribution in [0, 0.1) is 0 Å². The minimum absolute atomic E-state index is 0.445. The van der Waals surface area contributed by atoms with Gasteiger partial charge in [-0.05, 0) is 46.3 Å². The molecule has 0 atom stereocenters. The van der Waals surface area contributed by atoms with Crippen molar-refractivity contribution in [3.05, 3.63) is 58.0 Å². The molecule has 0 radical (unpaired) electrons. The van der Waals surface area contributed by atoms with E-state index in [9.17, 15) is 0 Å². The van der Waals surface area contributed by atoms with E-state index in [0.29, 0.717) is 11.0 Å². The van der Waals surface area contributed by atoms with Crippen molar-refractivity contribution in [2.75, 3.05) is 5.32 Å². The number of rotatable bonds is 2. The van der Waals surface area contributed by atoms with Crippen molar-refractivity contribution in [1.82, 2.24) is 5.43 Å². The number of anilines is 1. The van der Waals surface area contributed by atoms with E-state index >= 15 is 0 Å². The van der Waals surface area contributed by atoms with Gasteiger partial charge in [-0.1, -0.05) is 29.8 Å². The van der Waals surface area contributed by atoms with Crippen LogP contribution in [0.5, 0.6) is 0 Å². The van der Waals surface area contributed by atoms with Crippen LogP contribution in [0.25, 0.3) is 0 Å². The van der Waals surface area contributed by atoms with Gasteiger partial charge in [-0.2, -0.15) is 0 Å². The average molecular weight is 340 g/mol. The lowest BCUT2D eigenvalue weighted by Crippen LogP contribution is -2.35. The number of hydrogen-bond donors (Lipinski definition) is 3. The predicted octanol–water partition coefficient (Wildman–Crippen LogP) is 3.67. The maximum absolute atomic E-state index is 5.94. The first-order chi connectivity index (χ1) is 9.19. The highest BCUT2D eigenvalue weighted by molar-refractivity contribution is 9.10. The summed E-state index contributed by atoms with van der Waals surface area (Å²) in [6.45, 7) is 0. The Labute approximate surface area is 124 Å². The molecule has 4 nitrogen and oxygen atoms in total. The van der Waals surface area contributed by atoms with Crippen molar-refractivity contribution in [2.45, 2.75) is 0 Å². The van der Waals surface area contributed by atoms with E-state index in [2.05, 4.69) is 31.7 Å². The Morgan fingerprint density at radius 1 is 1.16 bits per heavy atom. The van der Waals surface area contributed by atoms with E-state index in [1.54, 1.807) is 6.07 Å². The number of nitrogens with zero attached hydrogens (tertiary/aromatic N) is 1. The highest BCUT2D eigenvalue weighted by Crippen LogP contribution is 2.25. The first-order valence-corrected chi connectivity index (χ1v) is 6.68. The van der Waals surface area contributed by atoms with Gasteiger partial charge in [0, 0.05) is 10.2 Å². The fourth-order valence-electron chi connectivity index (χ4n) is 1.44. The summed E-state index contributed by atoms with van der Waals surface area (Å²) in [4.78, 5) is 4.35. The second-order valence-electron chi connectivity index (χ2n) is 3.69. The number of nitrogens with one attached hydrogen (secondary N) is 2. The van der Waals surface area contributed by atoms with Crippen molar-refractivity contribution in [3.63, 3.8) is 0 Å². The van der Waals surface area contributed by atoms with Gasteiger partial charge in [0.15, 0.2) is 0 Å². The van der Waals surface area contributed by atoms with Gasteiger partial charge < -0.3 is 5.32 Å². The lowest BCUT2D eigenvalue weighted by molar-refractivity contribution is 1.02. The molecule has 0 aromatic heterocycles. The molecule has 0 unspecified atom stereocenters. The molecule has 0 aliphatic rings. The van der Waals surface area contributed by atoms with Crippen LogP contribution in [0.15, 0.2) is 58.0 Å². The Kier molecular flexibility index (Phi) is 4.79. The summed E-state index contributed by atoms with van der Waals surface area (Å²) in [6, 6.07) is 15.0. The molecule has 0 spiro atoms. The van der Waals surface area contributed by atoms with E-state index in [1.165, 1.54) is 0 Å². The molecule has 0 aliphatic carbocycles. The molecular formula is C13H12BrClN4. The Bertz CT molecular complexity index is 586. The second-order valence-corrected chi connectivity index (χ2v) is 4.96. The highest BCUT2D eigenvalue weighted by Gasteiger charge is 2.02. The molecule has 2 aromatic carbocycles. The van der Waals surface area contributed by atoms with Crippen LogP contribution in [0.3, 0.4) is 0 Å². The molecule has 2 aromatic rings. The Morgan fingerprint density at radius 2 is 1.89 bits per heavy atom. The van der Waals surface area contributed by atoms with E-state index < -0.39 is 0 Å². The molecule has 19 heavy (non-hydrogen) atoms. The summed E-state index contributed by atoms with van der Waals surface area (Å²) in [5, 5.41) is 3.72. The summed E-state index contributed by atoms with van der Waals surface area (Å²) in [7, 11) is 0. The standard InChI is InChI=1S/C13H12BrClN4/c14-11-8-10(6-7-12(11)15)18-13(19-16)17-9-4-2-1-3-5-9/h1-8H,16H2,(H2,17,18,19). The average Bonchev–Trinajstić information content (AvgIpc) is 2.43. The third-order valence-electron chi connectivity index (χ3n) is 2.32. The molecule has 0 saturated heterocycles. The number of hydrogen-bond acceptors (Lipinski definition) is 2. The van der Waals surface area contributed by atoms with Crippen LogP contribution < -0.4 is 16.6 Å². The topological polar surface area (TPSA) is 62.4 Å². The van der Waals surface area contributed by atoms with Gasteiger partial charge in [-0.25, -0.2) is 10.8 Å². The number of aliphatic imine (C=N–C) groups is 1. The maximum atomic E-state index is 5.94. The predicted molar refractivity (Wildman–Crippen MR) is 83.6 cm³/mol.